The average Bonchev–Trinajstić information content (AvgIpc) is 3.43. The number of hydrogen-bond donors (Lipinski definition) is 1. The molecule has 0 saturated carbocycles. The number of imidazole rings is 1. The van der Waals surface area contributed by atoms with Crippen LogP contribution < -0.4 is 4.57 Å². The summed E-state index contributed by atoms with van der Waals surface area (Å²) in [6.45, 7) is 9.38. The Morgan fingerprint density at radius 2 is 0.821 bits per heavy atom. The highest BCUT2D eigenvalue weighted by Gasteiger charge is 2.25. The van der Waals surface area contributed by atoms with E-state index in [1.54, 1.807) is 0 Å². The molecule has 0 aliphatic carbocycles. The van der Waals surface area contributed by atoms with E-state index in [0.717, 1.165) is 0 Å². The van der Waals surface area contributed by atoms with Crippen LogP contribution in [0.1, 0.15) is 225 Å². The van der Waals surface area contributed by atoms with E-state index in [4.69, 9.17) is 0 Å². The van der Waals surface area contributed by atoms with Crippen molar-refractivity contribution >= 4 is 0 Å². The third-order valence-electron chi connectivity index (χ3n) is 9.14. The maximum absolute atomic E-state index is 3.71. The van der Waals surface area contributed by atoms with Crippen LogP contribution in [-0.4, -0.2) is 4.98 Å². The van der Waals surface area contributed by atoms with Gasteiger partial charge in [-0.25, -0.2) is 9.55 Å². The van der Waals surface area contributed by atoms with E-state index in [1.807, 2.05) is 0 Å². The minimum atomic E-state index is 0.621. The van der Waals surface area contributed by atoms with Crippen LogP contribution in [0.3, 0.4) is 0 Å². The van der Waals surface area contributed by atoms with Crippen molar-refractivity contribution in [1.82, 2.24) is 4.98 Å². The SMILES string of the molecule is CCCCCCCCCCCCCCCCCCC(CCCCCCCC)c1[nH]cc[n+]1C(C)CCCCC. The first kappa shape index (κ1) is 36.2. The molecule has 0 aliphatic rings. The molecule has 0 fully saturated rings. The van der Waals surface area contributed by atoms with Crippen molar-refractivity contribution in [3.8, 4) is 0 Å². The summed E-state index contributed by atoms with van der Waals surface area (Å²) >= 11 is 0. The molecule has 39 heavy (non-hydrogen) atoms. The van der Waals surface area contributed by atoms with Gasteiger partial charge in [-0.05, 0) is 32.6 Å². The molecule has 0 aromatic carbocycles. The molecule has 1 aromatic rings. The van der Waals surface area contributed by atoms with Crippen molar-refractivity contribution in [3.05, 3.63) is 18.2 Å². The monoisotopic (exact) mass is 546 g/mol. The molecule has 1 N–H and O–H groups in total. The Kier molecular flexibility index (Phi) is 25.4. The molecule has 2 atom stereocenters. The Hall–Kier alpha value is -0.790. The molecule has 1 heterocycles. The molecule has 0 bridgehead atoms. The van der Waals surface area contributed by atoms with Gasteiger partial charge in [-0.1, -0.05) is 175 Å². The van der Waals surface area contributed by atoms with Crippen LogP contribution in [-0.2, 0) is 0 Å². The topological polar surface area (TPSA) is 19.7 Å². The van der Waals surface area contributed by atoms with Gasteiger partial charge in [0.05, 0.1) is 12.0 Å². The Balaban J connectivity index is 2.26. The van der Waals surface area contributed by atoms with Gasteiger partial charge in [0, 0.05) is 0 Å². The van der Waals surface area contributed by atoms with Crippen LogP contribution in [0.4, 0.5) is 0 Å². The van der Waals surface area contributed by atoms with Gasteiger partial charge in [0.1, 0.15) is 12.4 Å². The van der Waals surface area contributed by atoms with Crippen LogP contribution in [0, 0.1) is 0 Å². The van der Waals surface area contributed by atoms with Gasteiger partial charge in [-0.2, -0.15) is 0 Å². The second-order valence-electron chi connectivity index (χ2n) is 12.9. The number of nitrogens with one attached hydrogen (secondary N) is 1. The van der Waals surface area contributed by atoms with Crippen molar-refractivity contribution in [2.75, 3.05) is 0 Å². The molecule has 0 aliphatic heterocycles. The van der Waals surface area contributed by atoms with Crippen molar-refractivity contribution in [2.45, 2.75) is 219 Å². The lowest BCUT2D eigenvalue weighted by atomic mass is 9.93. The predicted molar refractivity (Wildman–Crippen MR) is 175 cm³/mol. The number of nitrogens with zero attached hydrogens (tertiary/aromatic N) is 1. The largest absolute Gasteiger partial charge is 0.257 e. The standard InChI is InChI=1S/C37H72N2/c1-5-8-11-13-15-16-17-18-19-20-21-22-23-24-26-29-32-36(31-28-25-14-12-9-6-2)37-38-33-34-39(37)35(4)30-27-10-7-3/h33-36H,5-32H2,1-4H3/p+1. The minimum absolute atomic E-state index is 0.621. The van der Waals surface area contributed by atoms with Crippen LogP contribution in [0.2, 0.25) is 0 Å². The number of aromatic nitrogens is 2. The summed E-state index contributed by atoms with van der Waals surface area (Å²) in [5.41, 5.74) is 0. The van der Waals surface area contributed by atoms with Crippen LogP contribution >= 0.6 is 0 Å². The quantitative estimate of drug-likeness (QED) is 0.0732. The van der Waals surface area contributed by atoms with Gasteiger partial charge < -0.3 is 0 Å². The zero-order valence-electron chi connectivity index (χ0n) is 27.6. The Bertz CT molecular complexity index is 606. The van der Waals surface area contributed by atoms with Gasteiger partial charge in [0.15, 0.2) is 0 Å². The normalized spacial score (nSPS) is 13.2. The summed E-state index contributed by atoms with van der Waals surface area (Å²) in [5.74, 6) is 2.24. The summed E-state index contributed by atoms with van der Waals surface area (Å²) in [6, 6.07) is 0.621. The van der Waals surface area contributed by atoms with E-state index < -0.39 is 0 Å². The number of unbranched alkanes of at least 4 members (excludes halogenated alkanes) is 22. The van der Waals surface area contributed by atoms with Crippen LogP contribution in [0.25, 0.3) is 0 Å². The van der Waals surface area contributed by atoms with Crippen LogP contribution in [0.15, 0.2) is 12.4 Å². The van der Waals surface area contributed by atoms with Gasteiger partial charge >= 0.3 is 0 Å². The van der Waals surface area contributed by atoms with Crippen molar-refractivity contribution in [1.29, 1.82) is 0 Å². The molecule has 2 unspecified atom stereocenters. The highest BCUT2D eigenvalue weighted by atomic mass is 15.1. The molecule has 0 spiro atoms. The molecule has 1 rings (SSSR count). The minimum Gasteiger partial charge on any atom is -0.247 e. The fraction of sp³-hybridized carbons (Fsp3) is 0.919. The first-order chi connectivity index (χ1) is 19.2. The Morgan fingerprint density at radius 1 is 0.487 bits per heavy atom. The maximum Gasteiger partial charge on any atom is 0.257 e. The first-order valence-electron chi connectivity index (χ1n) is 18.3. The number of aromatic amines is 1. The van der Waals surface area contributed by atoms with E-state index in [9.17, 15) is 0 Å². The maximum atomic E-state index is 3.71. The van der Waals surface area contributed by atoms with Crippen molar-refractivity contribution in [2.24, 2.45) is 0 Å². The number of rotatable bonds is 30. The van der Waals surface area contributed by atoms with E-state index in [1.165, 1.54) is 186 Å². The fourth-order valence-electron chi connectivity index (χ4n) is 6.43. The second kappa shape index (κ2) is 27.4. The summed E-state index contributed by atoms with van der Waals surface area (Å²) in [7, 11) is 0. The van der Waals surface area contributed by atoms with Gasteiger partial charge in [-0.15, -0.1) is 0 Å². The molecule has 0 radical (unpaired) electrons. The van der Waals surface area contributed by atoms with Gasteiger partial charge in [0.2, 0.25) is 0 Å². The molecule has 2 heteroatoms. The second-order valence-corrected chi connectivity index (χ2v) is 12.9. The molecular weight excluding hydrogens is 472 g/mol. The fourth-order valence-corrected chi connectivity index (χ4v) is 6.43. The van der Waals surface area contributed by atoms with Crippen molar-refractivity contribution in [3.63, 3.8) is 0 Å². The first-order valence-corrected chi connectivity index (χ1v) is 18.3. The molecule has 0 saturated heterocycles. The summed E-state index contributed by atoms with van der Waals surface area (Å²) in [4.78, 5) is 3.71. The number of hydrogen-bond acceptors (Lipinski definition) is 0. The van der Waals surface area contributed by atoms with E-state index in [-0.39, 0.29) is 0 Å². The lowest BCUT2D eigenvalue weighted by molar-refractivity contribution is -0.727. The molecule has 0 amide bonds. The van der Waals surface area contributed by atoms with E-state index in [0.29, 0.717) is 12.0 Å². The van der Waals surface area contributed by atoms with E-state index >= 15 is 0 Å². The summed E-state index contributed by atoms with van der Waals surface area (Å²) in [5, 5.41) is 0. The van der Waals surface area contributed by atoms with Gasteiger partial charge in [-0.3, -0.25) is 0 Å². The van der Waals surface area contributed by atoms with Crippen LogP contribution in [0.5, 0.6) is 0 Å². The highest BCUT2D eigenvalue weighted by molar-refractivity contribution is 4.90. The van der Waals surface area contributed by atoms with Gasteiger partial charge in [0.25, 0.3) is 5.82 Å². The molecule has 1 aromatic heterocycles. The molecule has 230 valence electrons. The highest BCUT2D eigenvalue weighted by Crippen LogP contribution is 2.27. The zero-order chi connectivity index (χ0) is 28.2. The summed E-state index contributed by atoms with van der Waals surface area (Å²) in [6.07, 6.45) is 44.3. The predicted octanol–water partition coefficient (Wildman–Crippen LogP) is 12.9. The number of H-pyrrole nitrogens is 1. The molecule has 2 nitrogen and oxygen atoms in total. The molecular formula is C37H73N2+. The third kappa shape index (κ3) is 19.8. The Morgan fingerprint density at radius 3 is 1.23 bits per heavy atom. The average molecular weight is 546 g/mol. The van der Waals surface area contributed by atoms with Crippen molar-refractivity contribution < 1.29 is 4.57 Å². The lowest BCUT2D eigenvalue weighted by Gasteiger charge is -2.17. The zero-order valence-corrected chi connectivity index (χ0v) is 27.6. The smallest absolute Gasteiger partial charge is 0.247 e. The summed E-state index contributed by atoms with van der Waals surface area (Å²) < 4.78 is 2.60. The Labute approximate surface area is 246 Å². The third-order valence-corrected chi connectivity index (χ3v) is 9.14. The lowest BCUT2D eigenvalue weighted by Crippen LogP contribution is -2.41. The van der Waals surface area contributed by atoms with E-state index in [2.05, 4.69) is 49.6 Å².